The van der Waals surface area contributed by atoms with Crippen LogP contribution in [0, 0.1) is 6.92 Å². The topological polar surface area (TPSA) is 56.6 Å². The van der Waals surface area contributed by atoms with Crippen LogP contribution >= 0.6 is 0 Å². The van der Waals surface area contributed by atoms with Gasteiger partial charge in [-0.2, -0.15) is 0 Å². The van der Waals surface area contributed by atoms with Crippen molar-refractivity contribution < 1.29 is 10.2 Å². The van der Waals surface area contributed by atoms with Crippen molar-refractivity contribution in [2.45, 2.75) is 46.3 Å². The van der Waals surface area contributed by atoms with E-state index in [1.54, 1.807) is 0 Å². The van der Waals surface area contributed by atoms with Crippen LogP contribution in [-0.2, 0) is 6.61 Å². The predicted molar refractivity (Wildman–Crippen MR) is 73.7 cm³/mol. The molecule has 1 fully saturated rings. The summed E-state index contributed by atoms with van der Waals surface area (Å²) < 4.78 is 0. The predicted octanol–water partition coefficient (Wildman–Crippen LogP) is 1.87. The summed E-state index contributed by atoms with van der Waals surface area (Å²) in [4.78, 5) is 6.66. The maximum atomic E-state index is 9.43. The first kappa shape index (κ1) is 14.9. The Bertz CT molecular complexity index is 361. The van der Waals surface area contributed by atoms with Crippen LogP contribution in [-0.4, -0.2) is 34.4 Å². The van der Waals surface area contributed by atoms with Gasteiger partial charge in [-0.3, -0.25) is 0 Å². The Kier molecular flexibility index (Phi) is 6.09. The average molecular weight is 252 g/mol. The van der Waals surface area contributed by atoms with Crippen LogP contribution in [0.4, 0.5) is 5.82 Å². The van der Waals surface area contributed by atoms with Crippen LogP contribution in [0.2, 0.25) is 0 Å². The molecule has 2 heterocycles. The van der Waals surface area contributed by atoms with Gasteiger partial charge in [0.1, 0.15) is 5.82 Å². The molecule has 4 heteroatoms. The zero-order valence-electron chi connectivity index (χ0n) is 11.6. The molecular weight excluding hydrogens is 228 g/mol. The fraction of sp³-hybridized carbons (Fsp3) is 0.643. The van der Waals surface area contributed by atoms with Gasteiger partial charge in [-0.05, 0) is 31.4 Å². The number of pyridine rings is 1. The lowest BCUT2D eigenvalue weighted by Gasteiger charge is -2.30. The molecule has 1 aromatic rings. The molecule has 0 atom stereocenters. The van der Waals surface area contributed by atoms with Crippen molar-refractivity contribution in [3.63, 3.8) is 0 Å². The molecule has 102 valence electrons. The first-order chi connectivity index (χ1) is 8.70. The molecule has 2 N–H and O–H groups in total. The molecule has 0 aliphatic carbocycles. The van der Waals surface area contributed by atoms with E-state index in [0.717, 1.165) is 43.0 Å². The van der Waals surface area contributed by atoms with Crippen molar-refractivity contribution >= 4 is 5.82 Å². The van der Waals surface area contributed by atoms with Gasteiger partial charge in [-0.25, -0.2) is 4.98 Å². The second-order valence-corrected chi connectivity index (χ2v) is 4.29. The van der Waals surface area contributed by atoms with Gasteiger partial charge in [0.15, 0.2) is 0 Å². The number of aliphatic hydroxyl groups is 2. The average Bonchev–Trinajstić information content (AvgIpc) is 2.42. The Labute approximate surface area is 109 Å². The number of hydrogen-bond donors (Lipinski definition) is 2. The van der Waals surface area contributed by atoms with Crippen LogP contribution in [0.3, 0.4) is 0 Å². The highest BCUT2D eigenvalue weighted by molar-refractivity contribution is 5.42. The summed E-state index contributed by atoms with van der Waals surface area (Å²) in [5.41, 5.74) is 1.76. The van der Waals surface area contributed by atoms with Crippen molar-refractivity contribution in [1.82, 2.24) is 4.98 Å². The van der Waals surface area contributed by atoms with Crippen molar-refractivity contribution in [2.75, 3.05) is 18.0 Å². The van der Waals surface area contributed by atoms with Gasteiger partial charge < -0.3 is 15.1 Å². The zero-order valence-corrected chi connectivity index (χ0v) is 11.6. The third-order valence-electron chi connectivity index (χ3n) is 3.14. The van der Waals surface area contributed by atoms with Crippen molar-refractivity contribution in [2.24, 2.45) is 0 Å². The van der Waals surface area contributed by atoms with E-state index in [0.29, 0.717) is 0 Å². The van der Waals surface area contributed by atoms with E-state index in [2.05, 4.69) is 9.88 Å². The number of nitrogens with zero attached hydrogens (tertiary/aromatic N) is 2. The van der Waals surface area contributed by atoms with E-state index < -0.39 is 0 Å². The van der Waals surface area contributed by atoms with Crippen LogP contribution in [0.1, 0.15) is 37.9 Å². The molecule has 4 nitrogen and oxygen atoms in total. The van der Waals surface area contributed by atoms with Crippen molar-refractivity contribution in [3.05, 3.63) is 23.4 Å². The van der Waals surface area contributed by atoms with E-state index >= 15 is 0 Å². The number of anilines is 1. The summed E-state index contributed by atoms with van der Waals surface area (Å²) in [7, 11) is 0. The number of rotatable bonds is 2. The summed E-state index contributed by atoms with van der Waals surface area (Å²) >= 11 is 0. The molecule has 1 aromatic heterocycles. The first-order valence-corrected chi connectivity index (χ1v) is 6.71. The van der Waals surface area contributed by atoms with Gasteiger partial charge in [0, 0.05) is 18.8 Å². The molecule has 0 saturated carbocycles. The highest BCUT2D eigenvalue weighted by Gasteiger charge is 2.18. The van der Waals surface area contributed by atoms with E-state index in [1.807, 2.05) is 32.9 Å². The Morgan fingerprint density at radius 3 is 2.39 bits per heavy atom. The van der Waals surface area contributed by atoms with Crippen LogP contribution < -0.4 is 4.90 Å². The second-order valence-electron chi connectivity index (χ2n) is 4.29. The standard InChI is InChI=1S/C12H18N2O2.C2H6/c1-9-10(8-15)2-3-12(13-9)14-6-4-11(16)5-7-14;1-2/h2-3,11,15-16H,4-8H2,1H3;1-2H3. The SMILES string of the molecule is CC.Cc1nc(N2CCC(O)CC2)ccc1CO. The Morgan fingerprint density at radius 1 is 1.28 bits per heavy atom. The molecule has 0 aromatic carbocycles. The lowest BCUT2D eigenvalue weighted by atomic mass is 10.1. The molecule has 1 saturated heterocycles. The second kappa shape index (κ2) is 7.34. The van der Waals surface area contributed by atoms with Gasteiger partial charge in [-0.15, -0.1) is 0 Å². The van der Waals surface area contributed by atoms with Gasteiger partial charge in [-0.1, -0.05) is 19.9 Å². The van der Waals surface area contributed by atoms with Crippen LogP contribution in [0.25, 0.3) is 0 Å². The van der Waals surface area contributed by atoms with Crippen molar-refractivity contribution in [3.8, 4) is 0 Å². The summed E-state index contributed by atoms with van der Waals surface area (Å²) in [5.74, 6) is 0.946. The number of hydrogen-bond acceptors (Lipinski definition) is 4. The third-order valence-corrected chi connectivity index (χ3v) is 3.14. The van der Waals surface area contributed by atoms with Gasteiger partial charge in [0.25, 0.3) is 0 Å². The van der Waals surface area contributed by atoms with E-state index in [9.17, 15) is 5.11 Å². The third kappa shape index (κ3) is 3.68. The minimum Gasteiger partial charge on any atom is -0.393 e. The minimum atomic E-state index is -0.158. The largest absolute Gasteiger partial charge is 0.393 e. The van der Waals surface area contributed by atoms with Crippen LogP contribution in [0.5, 0.6) is 0 Å². The summed E-state index contributed by atoms with van der Waals surface area (Å²) in [6, 6.07) is 3.86. The number of aryl methyl sites for hydroxylation is 1. The van der Waals surface area contributed by atoms with Gasteiger partial charge in [0.05, 0.1) is 12.7 Å². The molecule has 1 aliphatic heterocycles. The number of piperidine rings is 1. The maximum absolute atomic E-state index is 9.43. The fourth-order valence-corrected chi connectivity index (χ4v) is 2.01. The van der Waals surface area contributed by atoms with Crippen molar-refractivity contribution in [1.29, 1.82) is 0 Å². The number of aliphatic hydroxyl groups excluding tert-OH is 2. The van der Waals surface area contributed by atoms with Gasteiger partial charge in [0.2, 0.25) is 0 Å². The molecule has 0 radical (unpaired) electrons. The fourth-order valence-electron chi connectivity index (χ4n) is 2.01. The normalized spacial score (nSPS) is 16.2. The highest BCUT2D eigenvalue weighted by Crippen LogP contribution is 2.19. The Morgan fingerprint density at radius 2 is 1.89 bits per heavy atom. The summed E-state index contributed by atoms with van der Waals surface area (Å²) in [5, 5.41) is 18.5. The molecule has 2 rings (SSSR count). The molecule has 0 amide bonds. The highest BCUT2D eigenvalue weighted by atomic mass is 16.3. The smallest absolute Gasteiger partial charge is 0.128 e. The number of aromatic nitrogens is 1. The Hall–Kier alpha value is -1.13. The van der Waals surface area contributed by atoms with Crippen LogP contribution in [0.15, 0.2) is 12.1 Å². The molecule has 18 heavy (non-hydrogen) atoms. The monoisotopic (exact) mass is 252 g/mol. The van der Waals surface area contributed by atoms with E-state index in [1.165, 1.54) is 0 Å². The van der Waals surface area contributed by atoms with Gasteiger partial charge >= 0.3 is 0 Å². The molecule has 1 aliphatic rings. The zero-order chi connectivity index (χ0) is 13.5. The molecule has 0 unspecified atom stereocenters. The first-order valence-electron chi connectivity index (χ1n) is 6.71. The maximum Gasteiger partial charge on any atom is 0.128 e. The van der Waals surface area contributed by atoms with E-state index in [4.69, 9.17) is 5.11 Å². The van der Waals surface area contributed by atoms with E-state index in [-0.39, 0.29) is 12.7 Å². The molecular formula is C14H24N2O2. The minimum absolute atomic E-state index is 0.0395. The lowest BCUT2D eigenvalue weighted by molar-refractivity contribution is 0.145. The summed E-state index contributed by atoms with van der Waals surface area (Å²) in [6.07, 6.45) is 1.46. The molecule has 0 spiro atoms. The Balaban J connectivity index is 0.000000771. The quantitative estimate of drug-likeness (QED) is 0.843. The molecule has 0 bridgehead atoms. The summed E-state index contributed by atoms with van der Waals surface area (Å²) in [6.45, 7) is 7.66. The lowest BCUT2D eigenvalue weighted by Crippen LogP contribution is -2.36.